The highest BCUT2D eigenvalue weighted by Gasteiger charge is 2.42. The Bertz CT molecular complexity index is 376. The van der Waals surface area contributed by atoms with Crippen molar-refractivity contribution in [2.24, 2.45) is 5.92 Å². The molecule has 1 N–H and O–H groups in total. The lowest BCUT2D eigenvalue weighted by Crippen LogP contribution is -2.43. The summed E-state index contributed by atoms with van der Waals surface area (Å²) in [5.74, 6) is 3.13. The van der Waals surface area contributed by atoms with Gasteiger partial charge in [-0.05, 0) is 38.0 Å². The number of rotatable bonds is 3. The summed E-state index contributed by atoms with van der Waals surface area (Å²) < 4.78 is 6.11. The molecule has 2 aliphatic rings. The Morgan fingerprint density at radius 1 is 1.61 bits per heavy atom. The molecule has 2 fully saturated rings. The molecule has 18 heavy (non-hydrogen) atoms. The Labute approximate surface area is 117 Å². The zero-order valence-corrected chi connectivity index (χ0v) is 12.4. The molecule has 1 aromatic rings. The fourth-order valence-corrected chi connectivity index (χ4v) is 5.40. The fraction of sp³-hybridized carbons (Fsp3) is 0.769. The van der Waals surface area contributed by atoms with Gasteiger partial charge in [0.15, 0.2) is 0 Å². The van der Waals surface area contributed by atoms with Crippen LogP contribution in [0.25, 0.3) is 0 Å². The van der Waals surface area contributed by atoms with Gasteiger partial charge in [-0.1, -0.05) is 0 Å². The number of nitrogens with one attached hydrogen (secondary N) is 1. The first-order valence-corrected chi connectivity index (χ1v) is 8.64. The topological polar surface area (TPSA) is 34.2 Å². The molecule has 2 saturated heterocycles. The van der Waals surface area contributed by atoms with E-state index in [0.29, 0.717) is 12.0 Å². The highest BCUT2D eigenvalue weighted by atomic mass is 32.2. The van der Waals surface area contributed by atoms with Crippen LogP contribution < -0.4 is 5.32 Å². The quantitative estimate of drug-likeness (QED) is 0.925. The third kappa shape index (κ3) is 2.46. The zero-order valence-electron chi connectivity index (χ0n) is 10.7. The number of nitrogens with zero attached hydrogens (tertiary/aromatic N) is 1. The average Bonchev–Trinajstić information content (AvgIpc) is 3.03. The number of hydrogen-bond acceptors (Lipinski definition) is 5. The molecule has 100 valence electrons. The predicted octanol–water partition coefficient (Wildman–Crippen LogP) is 2.71. The Morgan fingerprint density at radius 2 is 2.56 bits per heavy atom. The average molecular weight is 284 g/mol. The second-order valence-electron chi connectivity index (χ2n) is 5.26. The molecule has 3 rings (SSSR count). The summed E-state index contributed by atoms with van der Waals surface area (Å²) in [7, 11) is 2.07. The number of ether oxygens (including phenoxy) is 1. The number of thiazole rings is 1. The van der Waals surface area contributed by atoms with Crippen molar-refractivity contribution in [3.8, 4) is 0 Å². The molecule has 0 amide bonds. The number of aromatic nitrogens is 1. The minimum absolute atomic E-state index is 0.174. The van der Waals surface area contributed by atoms with Crippen LogP contribution in [-0.4, -0.2) is 35.7 Å². The lowest BCUT2D eigenvalue weighted by atomic mass is 9.81. The van der Waals surface area contributed by atoms with E-state index in [4.69, 9.17) is 4.74 Å². The van der Waals surface area contributed by atoms with Gasteiger partial charge in [-0.25, -0.2) is 0 Å². The van der Waals surface area contributed by atoms with E-state index >= 15 is 0 Å². The maximum absolute atomic E-state index is 6.11. The van der Waals surface area contributed by atoms with Crippen LogP contribution in [0.5, 0.6) is 0 Å². The van der Waals surface area contributed by atoms with Crippen LogP contribution >= 0.6 is 23.1 Å². The molecule has 3 unspecified atom stereocenters. The fourth-order valence-electron chi connectivity index (χ4n) is 3.20. The van der Waals surface area contributed by atoms with Gasteiger partial charge in [0.05, 0.1) is 11.1 Å². The first kappa shape index (κ1) is 12.9. The van der Waals surface area contributed by atoms with Crippen LogP contribution in [-0.2, 0) is 4.74 Å². The van der Waals surface area contributed by atoms with Gasteiger partial charge in [-0.15, -0.1) is 11.3 Å². The van der Waals surface area contributed by atoms with Crippen LogP contribution in [0.3, 0.4) is 0 Å². The maximum atomic E-state index is 6.11. The molecule has 0 radical (unpaired) electrons. The van der Waals surface area contributed by atoms with E-state index in [1.54, 1.807) is 11.3 Å². The Kier molecular flexibility index (Phi) is 3.94. The van der Waals surface area contributed by atoms with Gasteiger partial charge in [0.25, 0.3) is 0 Å². The largest absolute Gasteiger partial charge is 0.374 e. The molecule has 1 aromatic heterocycles. The minimum Gasteiger partial charge on any atom is -0.374 e. The Balaban J connectivity index is 1.74. The Hall–Kier alpha value is -0.100. The monoisotopic (exact) mass is 284 g/mol. The van der Waals surface area contributed by atoms with Gasteiger partial charge in [0, 0.05) is 29.5 Å². The van der Waals surface area contributed by atoms with Crippen molar-refractivity contribution in [3.05, 3.63) is 16.6 Å². The maximum Gasteiger partial charge on any atom is 0.0794 e. The number of hydrogen-bond donors (Lipinski definition) is 1. The summed E-state index contributed by atoms with van der Waals surface area (Å²) in [5, 5.41) is 3.49. The van der Waals surface area contributed by atoms with Crippen molar-refractivity contribution in [1.82, 2.24) is 10.3 Å². The van der Waals surface area contributed by atoms with Crippen LogP contribution in [0.4, 0.5) is 0 Å². The molecule has 3 atom stereocenters. The highest BCUT2D eigenvalue weighted by molar-refractivity contribution is 7.99. The summed E-state index contributed by atoms with van der Waals surface area (Å²) in [4.78, 5) is 5.58. The molecule has 0 bridgehead atoms. The normalized spacial score (nSPS) is 33.9. The first-order chi connectivity index (χ1) is 8.83. The van der Waals surface area contributed by atoms with E-state index in [1.807, 2.05) is 23.5 Å². The summed E-state index contributed by atoms with van der Waals surface area (Å²) in [5.41, 5.74) is 2.10. The van der Waals surface area contributed by atoms with Crippen molar-refractivity contribution < 1.29 is 4.74 Å². The van der Waals surface area contributed by atoms with E-state index in [1.165, 1.54) is 29.2 Å². The van der Waals surface area contributed by atoms with Crippen molar-refractivity contribution in [3.63, 3.8) is 0 Å². The summed E-state index contributed by atoms with van der Waals surface area (Å²) in [6.07, 6.45) is 5.60. The van der Waals surface area contributed by atoms with Crippen molar-refractivity contribution >= 4 is 23.1 Å². The standard InChI is InChI=1S/C13H20N2OS2/c1-14-12(11-7-15-9-18-11)10-2-4-16-13(6-10)3-5-17-8-13/h7,9-10,12,14H,2-6,8H2,1H3. The highest BCUT2D eigenvalue weighted by Crippen LogP contribution is 2.44. The van der Waals surface area contributed by atoms with Crippen LogP contribution in [0, 0.1) is 5.92 Å². The Morgan fingerprint density at radius 3 is 3.22 bits per heavy atom. The third-order valence-corrected chi connectivity index (χ3v) is 6.22. The van der Waals surface area contributed by atoms with Crippen LogP contribution in [0.1, 0.15) is 30.2 Å². The van der Waals surface area contributed by atoms with E-state index < -0.39 is 0 Å². The van der Waals surface area contributed by atoms with E-state index in [-0.39, 0.29) is 5.60 Å². The van der Waals surface area contributed by atoms with Gasteiger partial charge < -0.3 is 10.1 Å². The van der Waals surface area contributed by atoms with Crippen molar-refractivity contribution in [2.75, 3.05) is 25.2 Å². The van der Waals surface area contributed by atoms with Gasteiger partial charge in [0.1, 0.15) is 0 Å². The van der Waals surface area contributed by atoms with Crippen LogP contribution in [0.2, 0.25) is 0 Å². The van der Waals surface area contributed by atoms with Gasteiger partial charge >= 0.3 is 0 Å². The van der Waals surface area contributed by atoms with E-state index in [9.17, 15) is 0 Å². The summed E-state index contributed by atoms with van der Waals surface area (Å²) in [6, 6.07) is 0.448. The lowest BCUT2D eigenvalue weighted by molar-refractivity contribution is -0.0848. The molecule has 0 saturated carbocycles. The van der Waals surface area contributed by atoms with Gasteiger partial charge in [0.2, 0.25) is 0 Å². The van der Waals surface area contributed by atoms with E-state index in [0.717, 1.165) is 13.0 Å². The smallest absolute Gasteiger partial charge is 0.0794 e. The second-order valence-corrected chi connectivity index (χ2v) is 7.28. The summed E-state index contributed by atoms with van der Waals surface area (Å²) in [6.45, 7) is 0.919. The third-order valence-electron chi connectivity index (χ3n) is 4.14. The first-order valence-electron chi connectivity index (χ1n) is 6.60. The van der Waals surface area contributed by atoms with Crippen molar-refractivity contribution in [1.29, 1.82) is 0 Å². The number of thioether (sulfide) groups is 1. The molecule has 3 nitrogen and oxygen atoms in total. The van der Waals surface area contributed by atoms with Crippen molar-refractivity contribution in [2.45, 2.75) is 30.9 Å². The molecular formula is C13H20N2OS2. The second kappa shape index (κ2) is 5.49. The SMILES string of the molecule is CNC(c1cncs1)C1CCOC2(CCSC2)C1. The molecule has 3 heterocycles. The molecule has 2 aliphatic heterocycles. The summed E-state index contributed by atoms with van der Waals surface area (Å²) >= 11 is 3.80. The van der Waals surface area contributed by atoms with Gasteiger partial charge in [-0.3, -0.25) is 4.98 Å². The lowest BCUT2D eigenvalue weighted by Gasteiger charge is -2.40. The predicted molar refractivity (Wildman–Crippen MR) is 77.3 cm³/mol. The van der Waals surface area contributed by atoms with E-state index in [2.05, 4.69) is 17.3 Å². The molecule has 5 heteroatoms. The molecule has 1 spiro atoms. The molecular weight excluding hydrogens is 264 g/mol. The van der Waals surface area contributed by atoms with Gasteiger partial charge in [-0.2, -0.15) is 11.8 Å². The van der Waals surface area contributed by atoms with Crippen LogP contribution in [0.15, 0.2) is 11.7 Å². The molecule has 0 aromatic carbocycles. The minimum atomic E-state index is 0.174. The molecule has 0 aliphatic carbocycles. The zero-order chi connectivity index (χ0) is 12.4.